The largest absolute Gasteiger partial charge is 0.451 e. The Bertz CT molecular complexity index is 1030. The van der Waals surface area contributed by atoms with E-state index in [1.807, 2.05) is 53.4 Å². The van der Waals surface area contributed by atoms with Crippen LogP contribution in [0.5, 0.6) is 0 Å². The summed E-state index contributed by atoms with van der Waals surface area (Å²) in [5.74, 6) is 0.379. The molecule has 0 radical (unpaired) electrons. The van der Waals surface area contributed by atoms with Crippen molar-refractivity contribution in [3.05, 3.63) is 60.4 Å². The fourth-order valence-corrected chi connectivity index (χ4v) is 4.36. The maximum Gasteiger partial charge on any atom is 0.289 e. The number of amides is 1. The summed E-state index contributed by atoms with van der Waals surface area (Å²) in [4.78, 5) is 21.6. The Balaban J connectivity index is 1.31. The molecule has 5 nitrogen and oxygen atoms in total. The van der Waals surface area contributed by atoms with Crippen LogP contribution in [0.1, 0.15) is 10.6 Å². The predicted octanol–water partition coefficient (Wildman–Crippen LogP) is 4.00. The number of fused-ring (bicyclic) bond motifs is 2. The minimum Gasteiger partial charge on any atom is -0.451 e. The van der Waals surface area contributed by atoms with Gasteiger partial charge in [-0.1, -0.05) is 41.7 Å². The van der Waals surface area contributed by atoms with Crippen molar-refractivity contribution >= 4 is 43.6 Å². The van der Waals surface area contributed by atoms with Crippen LogP contribution in [0.25, 0.3) is 21.2 Å². The van der Waals surface area contributed by atoms with Crippen LogP contribution in [0.4, 0.5) is 5.13 Å². The number of piperazine rings is 1. The van der Waals surface area contributed by atoms with Gasteiger partial charge in [-0.3, -0.25) is 4.79 Å². The summed E-state index contributed by atoms with van der Waals surface area (Å²) < 4.78 is 6.92. The van der Waals surface area contributed by atoms with Crippen molar-refractivity contribution in [2.45, 2.75) is 0 Å². The fraction of sp³-hybridized carbons (Fsp3) is 0.200. The maximum absolute atomic E-state index is 12.8. The molecule has 130 valence electrons. The number of benzene rings is 2. The van der Waals surface area contributed by atoms with Crippen molar-refractivity contribution in [2.24, 2.45) is 0 Å². The lowest BCUT2D eigenvalue weighted by Gasteiger charge is -2.34. The van der Waals surface area contributed by atoms with E-state index in [1.54, 1.807) is 11.3 Å². The first-order chi connectivity index (χ1) is 12.8. The molecule has 2 aromatic heterocycles. The summed E-state index contributed by atoms with van der Waals surface area (Å²) >= 11 is 1.71. The van der Waals surface area contributed by atoms with Crippen molar-refractivity contribution in [3.63, 3.8) is 0 Å². The zero-order valence-corrected chi connectivity index (χ0v) is 14.9. The minimum absolute atomic E-state index is 0.0369. The quantitative estimate of drug-likeness (QED) is 0.540. The molecule has 26 heavy (non-hydrogen) atoms. The number of aromatic nitrogens is 1. The molecule has 1 saturated heterocycles. The highest BCUT2D eigenvalue weighted by Gasteiger charge is 2.25. The van der Waals surface area contributed by atoms with Crippen molar-refractivity contribution in [3.8, 4) is 0 Å². The molecule has 1 aliphatic rings. The first-order valence-electron chi connectivity index (χ1n) is 8.66. The molecule has 1 amide bonds. The first-order valence-corrected chi connectivity index (χ1v) is 9.48. The second-order valence-corrected chi connectivity index (χ2v) is 7.40. The van der Waals surface area contributed by atoms with Gasteiger partial charge >= 0.3 is 0 Å². The standard InChI is InChI=1S/C20H17N3O2S/c24-19(17-13-14-5-1-3-7-16(14)25-17)22-9-11-23(12-10-22)20-21-15-6-2-4-8-18(15)26-20/h1-8,13H,9-12H2. The Kier molecular flexibility index (Phi) is 3.64. The van der Waals surface area contributed by atoms with Gasteiger partial charge in [0.1, 0.15) is 5.58 Å². The van der Waals surface area contributed by atoms with Crippen LogP contribution < -0.4 is 4.90 Å². The Morgan fingerprint density at radius 3 is 2.58 bits per heavy atom. The molecule has 4 aromatic rings. The second-order valence-electron chi connectivity index (χ2n) is 6.39. The van der Waals surface area contributed by atoms with Crippen LogP contribution in [0, 0.1) is 0 Å². The number of hydrogen-bond donors (Lipinski definition) is 0. The molecule has 0 bridgehead atoms. The molecule has 0 spiro atoms. The van der Waals surface area contributed by atoms with Crippen LogP contribution in [0.15, 0.2) is 59.0 Å². The summed E-state index contributed by atoms with van der Waals surface area (Å²) in [7, 11) is 0. The molecule has 3 heterocycles. The summed E-state index contributed by atoms with van der Waals surface area (Å²) in [6.07, 6.45) is 0. The molecule has 0 N–H and O–H groups in total. The highest BCUT2D eigenvalue weighted by atomic mass is 32.1. The second kappa shape index (κ2) is 6.14. The van der Waals surface area contributed by atoms with Crippen molar-refractivity contribution < 1.29 is 9.21 Å². The van der Waals surface area contributed by atoms with Gasteiger partial charge in [0.05, 0.1) is 10.2 Å². The summed E-state index contributed by atoms with van der Waals surface area (Å²) in [6.45, 7) is 2.91. The van der Waals surface area contributed by atoms with E-state index in [9.17, 15) is 4.79 Å². The lowest BCUT2D eigenvalue weighted by atomic mass is 10.2. The lowest BCUT2D eigenvalue weighted by Crippen LogP contribution is -2.48. The number of thiazole rings is 1. The van der Waals surface area contributed by atoms with E-state index >= 15 is 0 Å². The third kappa shape index (κ3) is 2.63. The van der Waals surface area contributed by atoms with E-state index in [1.165, 1.54) is 4.70 Å². The van der Waals surface area contributed by atoms with Crippen LogP contribution in [-0.2, 0) is 0 Å². The third-order valence-corrected chi connectivity index (χ3v) is 5.85. The molecule has 6 heteroatoms. The average Bonchev–Trinajstić information content (AvgIpc) is 3.31. The van der Waals surface area contributed by atoms with E-state index in [2.05, 4.69) is 11.0 Å². The lowest BCUT2D eigenvalue weighted by molar-refractivity contribution is 0.0717. The molecule has 0 saturated carbocycles. The zero-order chi connectivity index (χ0) is 17.5. The fourth-order valence-electron chi connectivity index (χ4n) is 3.34. The number of para-hydroxylation sites is 2. The predicted molar refractivity (Wildman–Crippen MR) is 104 cm³/mol. The highest BCUT2D eigenvalue weighted by molar-refractivity contribution is 7.22. The molecule has 2 aromatic carbocycles. The van der Waals surface area contributed by atoms with Crippen molar-refractivity contribution in [1.29, 1.82) is 0 Å². The average molecular weight is 363 g/mol. The van der Waals surface area contributed by atoms with Gasteiger partial charge in [-0.2, -0.15) is 0 Å². The molecular weight excluding hydrogens is 346 g/mol. The summed E-state index contributed by atoms with van der Waals surface area (Å²) in [6, 6.07) is 17.7. The van der Waals surface area contributed by atoms with Gasteiger partial charge in [0.25, 0.3) is 5.91 Å². The third-order valence-electron chi connectivity index (χ3n) is 4.76. The molecule has 0 unspecified atom stereocenters. The number of nitrogens with zero attached hydrogens (tertiary/aromatic N) is 3. The van der Waals surface area contributed by atoms with E-state index in [0.29, 0.717) is 18.8 Å². The normalized spacial score (nSPS) is 15.1. The minimum atomic E-state index is -0.0369. The van der Waals surface area contributed by atoms with Gasteiger partial charge in [-0.25, -0.2) is 4.98 Å². The van der Waals surface area contributed by atoms with Crippen molar-refractivity contribution in [2.75, 3.05) is 31.1 Å². The number of furan rings is 1. The summed E-state index contributed by atoms with van der Waals surface area (Å²) in [5.41, 5.74) is 1.79. The number of rotatable bonds is 2. The molecule has 1 aliphatic heterocycles. The van der Waals surface area contributed by atoms with E-state index in [-0.39, 0.29) is 5.91 Å². The Hall–Kier alpha value is -2.86. The van der Waals surface area contributed by atoms with Crippen LogP contribution in [-0.4, -0.2) is 42.0 Å². The molecule has 0 aliphatic carbocycles. The molecular formula is C20H17N3O2S. The molecule has 1 fully saturated rings. The van der Waals surface area contributed by atoms with Gasteiger partial charge in [0, 0.05) is 31.6 Å². The number of anilines is 1. The Morgan fingerprint density at radius 1 is 1.00 bits per heavy atom. The first kappa shape index (κ1) is 15.4. The van der Waals surface area contributed by atoms with Crippen molar-refractivity contribution in [1.82, 2.24) is 9.88 Å². The van der Waals surface area contributed by atoms with E-state index in [0.717, 1.165) is 34.7 Å². The van der Waals surface area contributed by atoms with Crippen LogP contribution in [0.3, 0.4) is 0 Å². The van der Waals surface area contributed by atoms with Gasteiger partial charge in [-0.05, 0) is 24.3 Å². The summed E-state index contributed by atoms with van der Waals surface area (Å²) in [5, 5.41) is 1.99. The van der Waals surface area contributed by atoms with Gasteiger partial charge in [0.15, 0.2) is 10.9 Å². The Morgan fingerprint density at radius 2 is 1.77 bits per heavy atom. The smallest absolute Gasteiger partial charge is 0.289 e. The monoisotopic (exact) mass is 363 g/mol. The molecule has 0 atom stereocenters. The van der Waals surface area contributed by atoms with Gasteiger partial charge < -0.3 is 14.2 Å². The van der Waals surface area contributed by atoms with E-state index in [4.69, 9.17) is 9.40 Å². The Labute approximate surface area is 154 Å². The number of hydrogen-bond acceptors (Lipinski definition) is 5. The zero-order valence-electron chi connectivity index (χ0n) is 14.1. The molecule has 5 rings (SSSR count). The van der Waals surface area contributed by atoms with E-state index < -0.39 is 0 Å². The number of carbonyl (C=O) groups is 1. The van der Waals surface area contributed by atoms with Crippen LogP contribution in [0.2, 0.25) is 0 Å². The maximum atomic E-state index is 12.8. The van der Waals surface area contributed by atoms with Gasteiger partial charge in [-0.15, -0.1) is 0 Å². The topological polar surface area (TPSA) is 49.6 Å². The SMILES string of the molecule is O=C(c1cc2ccccc2o1)N1CCN(c2nc3ccccc3s2)CC1. The van der Waals surface area contributed by atoms with Gasteiger partial charge in [0.2, 0.25) is 0 Å². The van der Waals surface area contributed by atoms with Crippen LogP contribution >= 0.6 is 11.3 Å². The number of carbonyl (C=O) groups excluding carboxylic acids is 1. The highest BCUT2D eigenvalue weighted by Crippen LogP contribution is 2.29.